The highest BCUT2D eigenvalue weighted by atomic mass is 35.5. The van der Waals surface area contributed by atoms with Crippen LogP contribution in [0.4, 0.5) is 11.4 Å². The van der Waals surface area contributed by atoms with E-state index < -0.39 is 21.6 Å². The minimum atomic E-state index is -3.91. The molecule has 3 rings (SSSR count). The van der Waals surface area contributed by atoms with Crippen molar-refractivity contribution in [2.24, 2.45) is 0 Å². The molecule has 3 aromatic rings. The van der Waals surface area contributed by atoms with Crippen molar-refractivity contribution < 1.29 is 13.2 Å². The van der Waals surface area contributed by atoms with Crippen molar-refractivity contribution in [1.29, 1.82) is 0 Å². The summed E-state index contributed by atoms with van der Waals surface area (Å²) in [6, 6.07) is 12.4. The lowest BCUT2D eigenvalue weighted by Crippen LogP contribution is -2.28. The maximum absolute atomic E-state index is 12.8. The number of aromatic nitrogens is 2. The zero-order valence-corrected chi connectivity index (χ0v) is 16.9. The Morgan fingerprint density at radius 1 is 1.14 bits per heavy atom. The number of sulfonamides is 1. The highest BCUT2D eigenvalue weighted by Crippen LogP contribution is 2.24. The van der Waals surface area contributed by atoms with E-state index in [4.69, 9.17) is 11.6 Å². The Morgan fingerprint density at radius 2 is 1.93 bits per heavy atom. The van der Waals surface area contributed by atoms with E-state index in [-0.39, 0.29) is 17.1 Å². The summed E-state index contributed by atoms with van der Waals surface area (Å²) in [7, 11) is -3.91. The quantitative estimate of drug-likeness (QED) is 0.622. The molecule has 0 fully saturated rings. The average Bonchev–Trinajstić information content (AvgIpc) is 2.65. The van der Waals surface area contributed by atoms with Gasteiger partial charge in [-0.15, -0.1) is 0 Å². The summed E-state index contributed by atoms with van der Waals surface area (Å²) in [4.78, 5) is 27.4. The van der Waals surface area contributed by atoms with Gasteiger partial charge in [0.15, 0.2) is 0 Å². The monoisotopic (exact) mass is 432 g/mol. The summed E-state index contributed by atoms with van der Waals surface area (Å²) in [5.41, 5.74) is 0.549. The molecule has 0 bridgehead atoms. The number of hydrogen-bond acceptors (Lipinski definition) is 5. The van der Waals surface area contributed by atoms with E-state index in [0.717, 1.165) is 4.57 Å². The van der Waals surface area contributed by atoms with Crippen LogP contribution >= 0.6 is 11.6 Å². The molecule has 1 amide bonds. The number of hydrogen-bond donors (Lipinski definition) is 2. The fourth-order valence-corrected chi connectivity index (χ4v) is 4.10. The van der Waals surface area contributed by atoms with Gasteiger partial charge in [-0.3, -0.25) is 14.1 Å². The number of anilines is 2. The Kier molecular flexibility index (Phi) is 6.00. The van der Waals surface area contributed by atoms with Gasteiger partial charge >= 0.3 is 5.69 Å². The van der Waals surface area contributed by atoms with Crippen LogP contribution in [0.3, 0.4) is 0 Å². The summed E-state index contributed by atoms with van der Waals surface area (Å²) in [6.07, 6.45) is 2.77. The third-order valence-corrected chi connectivity index (χ3v) is 5.69. The number of benzene rings is 2. The van der Waals surface area contributed by atoms with E-state index in [9.17, 15) is 18.0 Å². The van der Waals surface area contributed by atoms with E-state index in [1.54, 1.807) is 37.3 Å². The molecular formula is C19H17ClN4O4S. The second kappa shape index (κ2) is 8.46. The molecule has 0 radical (unpaired) electrons. The molecule has 2 N–H and O–H groups in total. The van der Waals surface area contributed by atoms with Crippen molar-refractivity contribution >= 4 is 38.9 Å². The summed E-state index contributed by atoms with van der Waals surface area (Å²) in [5.74, 6) is -0.491. The zero-order chi connectivity index (χ0) is 21.0. The van der Waals surface area contributed by atoms with Crippen LogP contribution in [0, 0.1) is 6.92 Å². The second-order valence-electron chi connectivity index (χ2n) is 6.17. The fraction of sp³-hybridized carbons (Fsp3) is 0.105. The van der Waals surface area contributed by atoms with Gasteiger partial charge in [-0.1, -0.05) is 23.7 Å². The lowest BCUT2D eigenvalue weighted by Gasteiger charge is -2.13. The Bertz CT molecular complexity index is 1220. The van der Waals surface area contributed by atoms with Crippen LogP contribution in [0.15, 0.2) is 70.6 Å². The number of rotatable bonds is 6. The SMILES string of the molecule is Cc1ccc(NC(=O)Cn2cccnc2=O)cc1S(=O)(=O)Nc1cccc(Cl)c1. The van der Waals surface area contributed by atoms with Gasteiger partial charge in [0, 0.05) is 23.1 Å². The number of aryl methyl sites for hydroxylation is 1. The minimum Gasteiger partial charge on any atom is -0.324 e. The minimum absolute atomic E-state index is 0.00817. The molecule has 0 atom stereocenters. The second-order valence-corrected chi connectivity index (χ2v) is 8.26. The summed E-state index contributed by atoms with van der Waals surface area (Å²) in [6.45, 7) is 1.40. The predicted molar refractivity (Wildman–Crippen MR) is 111 cm³/mol. The molecule has 1 heterocycles. The predicted octanol–water partition coefficient (Wildman–Crippen LogP) is 2.64. The summed E-state index contributed by atoms with van der Waals surface area (Å²) < 4.78 is 29.2. The molecule has 8 nitrogen and oxygen atoms in total. The van der Waals surface area contributed by atoms with Gasteiger partial charge in [0.25, 0.3) is 10.0 Å². The van der Waals surface area contributed by atoms with Crippen molar-refractivity contribution in [3.63, 3.8) is 0 Å². The van der Waals surface area contributed by atoms with E-state index in [1.807, 2.05) is 0 Å². The van der Waals surface area contributed by atoms with E-state index in [1.165, 1.54) is 30.6 Å². The van der Waals surface area contributed by atoms with Crippen molar-refractivity contribution in [2.75, 3.05) is 10.0 Å². The number of nitrogens with one attached hydrogen (secondary N) is 2. The smallest absolute Gasteiger partial charge is 0.324 e. The highest BCUT2D eigenvalue weighted by Gasteiger charge is 2.18. The molecule has 1 aromatic heterocycles. The molecule has 0 saturated carbocycles. The van der Waals surface area contributed by atoms with Crippen LogP contribution < -0.4 is 15.7 Å². The number of nitrogens with zero attached hydrogens (tertiary/aromatic N) is 2. The van der Waals surface area contributed by atoms with Crippen LogP contribution in [-0.4, -0.2) is 23.9 Å². The van der Waals surface area contributed by atoms with Crippen LogP contribution in [0.5, 0.6) is 0 Å². The fourth-order valence-electron chi connectivity index (χ4n) is 2.59. The third-order valence-electron chi connectivity index (χ3n) is 3.93. The molecule has 0 aliphatic carbocycles. The van der Waals surface area contributed by atoms with Crippen LogP contribution in [0.25, 0.3) is 0 Å². The van der Waals surface area contributed by atoms with Crippen molar-refractivity contribution in [3.8, 4) is 0 Å². The normalized spacial score (nSPS) is 11.1. The Morgan fingerprint density at radius 3 is 2.66 bits per heavy atom. The molecule has 0 saturated heterocycles. The Labute approximate surface area is 172 Å². The standard InChI is InChI=1S/C19H17ClN4O4S/c1-13-6-7-15(22-18(25)12-24-9-3-8-21-19(24)26)11-17(13)29(27,28)23-16-5-2-4-14(20)10-16/h2-11,23H,12H2,1H3,(H,22,25). The van der Waals surface area contributed by atoms with Crippen molar-refractivity contribution in [1.82, 2.24) is 9.55 Å². The number of carbonyl (C=O) groups is 1. The molecule has 0 aliphatic rings. The number of carbonyl (C=O) groups excluding carboxylic acids is 1. The van der Waals surface area contributed by atoms with E-state index in [0.29, 0.717) is 16.3 Å². The Balaban J connectivity index is 1.81. The van der Waals surface area contributed by atoms with Gasteiger partial charge in [-0.05, 0) is 48.9 Å². The molecule has 150 valence electrons. The van der Waals surface area contributed by atoms with Gasteiger partial charge in [0.05, 0.1) is 10.6 Å². The largest absolute Gasteiger partial charge is 0.347 e. The van der Waals surface area contributed by atoms with E-state index in [2.05, 4.69) is 15.0 Å². The van der Waals surface area contributed by atoms with Gasteiger partial charge < -0.3 is 5.32 Å². The molecule has 0 aliphatic heterocycles. The molecule has 2 aromatic carbocycles. The first-order valence-electron chi connectivity index (χ1n) is 8.45. The maximum Gasteiger partial charge on any atom is 0.347 e. The highest BCUT2D eigenvalue weighted by molar-refractivity contribution is 7.92. The summed E-state index contributed by atoms with van der Waals surface area (Å²) >= 11 is 5.90. The maximum atomic E-state index is 12.8. The zero-order valence-electron chi connectivity index (χ0n) is 15.3. The first-order chi connectivity index (χ1) is 13.7. The topological polar surface area (TPSA) is 110 Å². The van der Waals surface area contributed by atoms with Gasteiger partial charge in [-0.2, -0.15) is 0 Å². The van der Waals surface area contributed by atoms with E-state index >= 15 is 0 Å². The van der Waals surface area contributed by atoms with Crippen LogP contribution in [0.1, 0.15) is 5.56 Å². The van der Waals surface area contributed by atoms with Gasteiger partial charge in [0.1, 0.15) is 6.54 Å². The lowest BCUT2D eigenvalue weighted by atomic mass is 10.2. The first kappa shape index (κ1) is 20.6. The van der Waals surface area contributed by atoms with Crippen molar-refractivity contribution in [3.05, 3.63) is 82.0 Å². The van der Waals surface area contributed by atoms with Crippen molar-refractivity contribution in [2.45, 2.75) is 18.4 Å². The van der Waals surface area contributed by atoms with Crippen LogP contribution in [-0.2, 0) is 21.4 Å². The molecule has 10 heteroatoms. The van der Waals surface area contributed by atoms with Crippen LogP contribution in [0.2, 0.25) is 5.02 Å². The third kappa shape index (κ3) is 5.21. The number of amides is 1. The molecule has 29 heavy (non-hydrogen) atoms. The molecule has 0 unspecified atom stereocenters. The Hall–Kier alpha value is -3.17. The average molecular weight is 433 g/mol. The van der Waals surface area contributed by atoms with Gasteiger partial charge in [0.2, 0.25) is 5.91 Å². The first-order valence-corrected chi connectivity index (χ1v) is 10.3. The molecule has 0 spiro atoms. The summed E-state index contributed by atoms with van der Waals surface area (Å²) in [5, 5.41) is 2.99. The molecular weight excluding hydrogens is 416 g/mol. The van der Waals surface area contributed by atoms with Gasteiger partial charge in [-0.25, -0.2) is 18.2 Å². The lowest BCUT2D eigenvalue weighted by molar-refractivity contribution is -0.116. The number of halogens is 1.